The Bertz CT molecular complexity index is 852. The molecular formula is C19H25N3O3S. The molecule has 3 N–H and O–H groups in total. The van der Waals surface area contributed by atoms with Crippen molar-refractivity contribution in [1.82, 2.24) is 5.32 Å². The third-order valence-corrected chi connectivity index (χ3v) is 5.09. The van der Waals surface area contributed by atoms with Gasteiger partial charge in [-0.3, -0.25) is 4.79 Å². The van der Waals surface area contributed by atoms with E-state index in [0.29, 0.717) is 17.7 Å². The van der Waals surface area contributed by atoms with Crippen molar-refractivity contribution < 1.29 is 13.2 Å². The van der Waals surface area contributed by atoms with Gasteiger partial charge < -0.3 is 10.2 Å². The molecule has 7 heteroatoms. The van der Waals surface area contributed by atoms with Crippen molar-refractivity contribution in [2.24, 2.45) is 5.14 Å². The summed E-state index contributed by atoms with van der Waals surface area (Å²) in [5, 5.41) is 7.98. The van der Waals surface area contributed by atoms with Crippen molar-refractivity contribution in [1.29, 1.82) is 0 Å². The largest absolute Gasteiger partial charge is 0.372 e. The fraction of sp³-hybridized carbons (Fsp3) is 0.316. The number of benzene rings is 2. The van der Waals surface area contributed by atoms with Gasteiger partial charge in [0, 0.05) is 30.9 Å². The predicted molar refractivity (Wildman–Crippen MR) is 104 cm³/mol. The first-order valence-corrected chi connectivity index (χ1v) is 10.1. The van der Waals surface area contributed by atoms with Crippen molar-refractivity contribution in [3.8, 4) is 0 Å². The molecule has 2 aromatic rings. The maximum atomic E-state index is 12.4. The van der Waals surface area contributed by atoms with Crippen LogP contribution in [0.5, 0.6) is 0 Å². The zero-order chi connectivity index (χ0) is 19.2. The molecule has 0 saturated heterocycles. The number of sulfonamides is 1. The van der Waals surface area contributed by atoms with Crippen molar-refractivity contribution in [2.75, 3.05) is 24.5 Å². The summed E-state index contributed by atoms with van der Waals surface area (Å²) < 4.78 is 22.9. The van der Waals surface area contributed by atoms with E-state index in [4.69, 9.17) is 5.14 Å². The first-order valence-electron chi connectivity index (χ1n) is 8.54. The number of carbonyl (C=O) groups is 1. The number of anilines is 1. The molecule has 0 atom stereocenters. The van der Waals surface area contributed by atoms with Gasteiger partial charge in [-0.2, -0.15) is 0 Å². The van der Waals surface area contributed by atoms with Crippen LogP contribution >= 0.6 is 0 Å². The summed E-state index contributed by atoms with van der Waals surface area (Å²) in [7, 11) is -3.83. The van der Waals surface area contributed by atoms with Gasteiger partial charge in [0.1, 0.15) is 0 Å². The van der Waals surface area contributed by atoms with Gasteiger partial charge in [0.2, 0.25) is 10.0 Å². The normalized spacial score (nSPS) is 11.2. The van der Waals surface area contributed by atoms with Crippen LogP contribution in [-0.4, -0.2) is 34.0 Å². The van der Waals surface area contributed by atoms with Crippen LogP contribution in [0.2, 0.25) is 0 Å². The van der Waals surface area contributed by atoms with Gasteiger partial charge in [-0.25, -0.2) is 13.6 Å². The zero-order valence-electron chi connectivity index (χ0n) is 15.1. The minimum absolute atomic E-state index is 0.0607. The van der Waals surface area contributed by atoms with Gasteiger partial charge in [-0.1, -0.05) is 24.3 Å². The van der Waals surface area contributed by atoms with Crippen molar-refractivity contribution in [2.45, 2.75) is 25.2 Å². The Morgan fingerprint density at radius 1 is 1.15 bits per heavy atom. The Kier molecular flexibility index (Phi) is 6.76. The molecule has 2 aromatic carbocycles. The molecule has 0 saturated carbocycles. The van der Waals surface area contributed by atoms with Crippen LogP contribution in [0.15, 0.2) is 53.4 Å². The lowest BCUT2D eigenvalue weighted by molar-refractivity contribution is 0.0952. The summed E-state index contributed by atoms with van der Waals surface area (Å²) >= 11 is 0. The summed E-state index contributed by atoms with van der Waals surface area (Å²) in [5.41, 5.74) is 2.18. The molecule has 2 rings (SSSR count). The second-order valence-corrected chi connectivity index (χ2v) is 7.61. The number of para-hydroxylation sites is 1. The summed E-state index contributed by atoms with van der Waals surface area (Å²) in [6, 6.07) is 14.4. The molecule has 0 radical (unpaired) electrons. The Labute approximate surface area is 155 Å². The molecule has 0 aliphatic carbocycles. The molecule has 0 aliphatic rings. The highest BCUT2D eigenvalue weighted by Gasteiger charge is 2.14. The van der Waals surface area contributed by atoms with Crippen molar-refractivity contribution in [3.05, 3.63) is 59.7 Å². The molecular weight excluding hydrogens is 350 g/mol. The smallest absolute Gasteiger partial charge is 0.251 e. The third-order valence-electron chi connectivity index (χ3n) is 4.18. The first kappa shape index (κ1) is 19.9. The third kappa shape index (κ3) is 5.31. The minimum Gasteiger partial charge on any atom is -0.372 e. The Hall–Kier alpha value is -2.38. The monoisotopic (exact) mass is 375 g/mol. The van der Waals surface area contributed by atoms with Gasteiger partial charge in [-0.15, -0.1) is 0 Å². The highest BCUT2D eigenvalue weighted by atomic mass is 32.2. The van der Waals surface area contributed by atoms with Crippen LogP contribution in [-0.2, 0) is 10.0 Å². The van der Waals surface area contributed by atoms with E-state index in [2.05, 4.69) is 29.3 Å². The molecule has 26 heavy (non-hydrogen) atoms. The minimum atomic E-state index is -3.83. The first-order chi connectivity index (χ1) is 12.3. The van der Waals surface area contributed by atoms with E-state index >= 15 is 0 Å². The van der Waals surface area contributed by atoms with Crippen molar-refractivity contribution in [3.63, 3.8) is 0 Å². The van der Waals surface area contributed by atoms with Crippen LogP contribution < -0.4 is 15.4 Å². The van der Waals surface area contributed by atoms with Crippen LogP contribution in [0.3, 0.4) is 0 Å². The SMILES string of the molecule is CCN(CCCNC(=O)c1cc(S(N)(=O)=O)ccc1C)c1ccccc1. The molecule has 0 fully saturated rings. The number of carbonyl (C=O) groups excluding carboxylic acids is 1. The highest BCUT2D eigenvalue weighted by Crippen LogP contribution is 2.15. The highest BCUT2D eigenvalue weighted by molar-refractivity contribution is 7.89. The fourth-order valence-corrected chi connectivity index (χ4v) is 3.24. The maximum absolute atomic E-state index is 12.4. The van der Waals surface area contributed by atoms with E-state index in [1.807, 2.05) is 18.2 Å². The fourth-order valence-electron chi connectivity index (χ4n) is 2.70. The Morgan fingerprint density at radius 3 is 2.46 bits per heavy atom. The van der Waals surface area contributed by atoms with Gasteiger partial charge in [0.15, 0.2) is 0 Å². The lowest BCUT2D eigenvalue weighted by Crippen LogP contribution is -2.30. The van der Waals surface area contributed by atoms with Gasteiger partial charge >= 0.3 is 0 Å². The maximum Gasteiger partial charge on any atom is 0.251 e. The zero-order valence-corrected chi connectivity index (χ0v) is 15.9. The molecule has 1 amide bonds. The Balaban J connectivity index is 1.93. The van der Waals surface area contributed by atoms with E-state index < -0.39 is 10.0 Å². The van der Waals surface area contributed by atoms with E-state index in [1.54, 1.807) is 13.0 Å². The number of aryl methyl sites for hydroxylation is 1. The molecule has 0 aromatic heterocycles. The summed E-state index contributed by atoms with van der Waals surface area (Å²) in [6.45, 7) is 6.05. The lowest BCUT2D eigenvalue weighted by atomic mass is 10.1. The number of hydrogen-bond donors (Lipinski definition) is 2. The average molecular weight is 375 g/mol. The number of nitrogens with one attached hydrogen (secondary N) is 1. The second kappa shape index (κ2) is 8.82. The number of nitrogens with two attached hydrogens (primary N) is 1. The quantitative estimate of drug-likeness (QED) is 0.693. The van der Waals surface area contributed by atoms with Crippen molar-refractivity contribution >= 4 is 21.6 Å². The summed E-state index contributed by atoms with van der Waals surface area (Å²) in [5.74, 6) is -0.296. The van der Waals surface area contributed by atoms with Gasteiger partial charge in [0.05, 0.1) is 4.90 Å². The average Bonchev–Trinajstić information content (AvgIpc) is 2.61. The van der Waals surface area contributed by atoms with E-state index in [-0.39, 0.29) is 10.8 Å². The van der Waals surface area contributed by atoms with Crippen LogP contribution in [0, 0.1) is 6.92 Å². The number of nitrogens with zero attached hydrogens (tertiary/aromatic N) is 1. The topological polar surface area (TPSA) is 92.5 Å². The van der Waals surface area contributed by atoms with Gasteiger partial charge in [-0.05, 0) is 50.1 Å². The van der Waals surface area contributed by atoms with Crippen LogP contribution in [0.25, 0.3) is 0 Å². The second-order valence-electron chi connectivity index (χ2n) is 6.05. The lowest BCUT2D eigenvalue weighted by Gasteiger charge is -2.23. The predicted octanol–water partition coefficient (Wildman–Crippen LogP) is 2.29. The molecule has 0 aliphatic heterocycles. The number of primary sulfonamides is 1. The molecule has 0 unspecified atom stereocenters. The summed E-state index contributed by atoms with van der Waals surface area (Å²) in [4.78, 5) is 14.5. The molecule has 0 bridgehead atoms. The standard InChI is InChI=1S/C19H25N3O3S/c1-3-22(16-8-5-4-6-9-16)13-7-12-21-19(23)18-14-17(26(20,24)25)11-10-15(18)2/h4-6,8-11,14H,3,7,12-13H2,1-2H3,(H,21,23)(H2,20,24,25). The Morgan fingerprint density at radius 2 is 1.85 bits per heavy atom. The number of rotatable bonds is 8. The summed E-state index contributed by atoms with van der Waals surface area (Å²) in [6.07, 6.45) is 0.780. The number of amides is 1. The number of hydrogen-bond acceptors (Lipinski definition) is 4. The molecule has 0 spiro atoms. The molecule has 6 nitrogen and oxygen atoms in total. The van der Waals surface area contributed by atoms with E-state index in [1.165, 1.54) is 12.1 Å². The molecule has 0 heterocycles. The molecule has 140 valence electrons. The van der Waals surface area contributed by atoms with E-state index in [9.17, 15) is 13.2 Å². The van der Waals surface area contributed by atoms with Crippen LogP contribution in [0.1, 0.15) is 29.3 Å². The van der Waals surface area contributed by atoms with Crippen LogP contribution in [0.4, 0.5) is 5.69 Å². The van der Waals surface area contributed by atoms with E-state index in [0.717, 1.165) is 25.2 Å². The van der Waals surface area contributed by atoms with Gasteiger partial charge in [0.25, 0.3) is 5.91 Å².